The topological polar surface area (TPSA) is 94.5 Å². The SMILES string of the molecule is COCCCN1C(=O)C(=O)/C(=C(/O)c2ccc(OCc3ccc(C)cc3)cc2)C1c1ccc(OCc2ccccc2)c(OC)c1. The van der Waals surface area contributed by atoms with Crippen LogP contribution in [0.25, 0.3) is 5.76 Å². The third-order valence-corrected chi connectivity index (χ3v) is 7.68. The number of aliphatic hydroxyl groups excluding tert-OH is 1. The zero-order valence-corrected chi connectivity index (χ0v) is 25.7. The minimum absolute atomic E-state index is 0.00532. The summed E-state index contributed by atoms with van der Waals surface area (Å²) < 4.78 is 22.8. The predicted octanol–water partition coefficient (Wildman–Crippen LogP) is 6.62. The number of methoxy groups -OCH3 is 2. The molecule has 1 saturated heterocycles. The number of carbonyl (C=O) groups excluding carboxylic acids is 2. The Balaban J connectivity index is 1.44. The molecule has 232 valence electrons. The number of likely N-dealkylation sites (tertiary alicyclic amines) is 1. The number of hydrogen-bond acceptors (Lipinski definition) is 7. The Bertz CT molecular complexity index is 1650. The van der Waals surface area contributed by atoms with Gasteiger partial charge in [-0.05, 0) is 66.4 Å². The van der Waals surface area contributed by atoms with Crippen LogP contribution in [0.3, 0.4) is 0 Å². The minimum Gasteiger partial charge on any atom is -0.507 e. The molecule has 0 spiro atoms. The van der Waals surface area contributed by atoms with E-state index in [4.69, 9.17) is 18.9 Å². The maximum atomic E-state index is 13.5. The fourth-order valence-corrected chi connectivity index (χ4v) is 5.26. The molecule has 1 heterocycles. The molecular weight excluding hydrogens is 570 g/mol. The lowest BCUT2D eigenvalue weighted by molar-refractivity contribution is -0.140. The van der Waals surface area contributed by atoms with E-state index in [9.17, 15) is 14.7 Å². The van der Waals surface area contributed by atoms with Gasteiger partial charge in [-0.15, -0.1) is 0 Å². The van der Waals surface area contributed by atoms with Crippen molar-refractivity contribution in [1.29, 1.82) is 0 Å². The second-order valence-corrected chi connectivity index (χ2v) is 10.8. The fourth-order valence-electron chi connectivity index (χ4n) is 5.26. The zero-order chi connectivity index (χ0) is 31.8. The molecule has 8 heteroatoms. The molecule has 1 amide bonds. The van der Waals surface area contributed by atoms with Gasteiger partial charge in [-0.3, -0.25) is 9.59 Å². The van der Waals surface area contributed by atoms with Gasteiger partial charge in [0.05, 0.1) is 18.7 Å². The van der Waals surface area contributed by atoms with Gasteiger partial charge in [-0.2, -0.15) is 0 Å². The summed E-state index contributed by atoms with van der Waals surface area (Å²) in [6.07, 6.45) is 0.516. The number of ether oxygens (including phenoxy) is 4. The van der Waals surface area contributed by atoms with Crippen LogP contribution in [-0.2, 0) is 27.5 Å². The van der Waals surface area contributed by atoms with Crippen molar-refractivity contribution < 1.29 is 33.6 Å². The standard InChI is InChI=1S/C37H37NO7/c1-25-10-12-27(13-11-25)23-44-30-17-14-28(15-18-30)35(39)33-34(38(20-7-21-42-2)37(41)36(33)40)29-16-19-31(32(22-29)43-3)45-24-26-8-5-4-6-9-26/h4-6,8-19,22,34,39H,7,20-21,23-24H2,1-3H3/b35-33+. The highest BCUT2D eigenvalue weighted by Crippen LogP contribution is 2.42. The summed E-state index contributed by atoms with van der Waals surface area (Å²) in [5.41, 5.74) is 4.22. The van der Waals surface area contributed by atoms with Crippen LogP contribution in [0, 0.1) is 6.92 Å². The van der Waals surface area contributed by atoms with Gasteiger partial charge in [-0.25, -0.2) is 0 Å². The van der Waals surface area contributed by atoms with Crippen LogP contribution >= 0.6 is 0 Å². The van der Waals surface area contributed by atoms with Crippen LogP contribution in [0.1, 0.15) is 40.3 Å². The lowest BCUT2D eigenvalue weighted by Crippen LogP contribution is -2.31. The van der Waals surface area contributed by atoms with Crippen molar-refractivity contribution in [3.63, 3.8) is 0 Å². The highest BCUT2D eigenvalue weighted by Gasteiger charge is 2.46. The van der Waals surface area contributed by atoms with Crippen molar-refractivity contribution in [2.75, 3.05) is 27.4 Å². The summed E-state index contributed by atoms with van der Waals surface area (Å²) in [7, 11) is 3.12. The molecule has 1 fully saturated rings. The smallest absolute Gasteiger partial charge is 0.295 e. The number of Topliss-reactive ketones (excluding diaryl/α,β-unsaturated/α-hetero) is 1. The first-order chi connectivity index (χ1) is 21.9. The van der Waals surface area contributed by atoms with Crippen molar-refractivity contribution in [2.45, 2.75) is 32.6 Å². The van der Waals surface area contributed by atoms with Gasteiger partial charge in [0.15, 0.2) is 11.5 Å². The number of aliphatic hydroxyl groups is 1. The van der Waals surface area contributed by atoms with Crippen LogP contribution in [0.4, 0.5) is 0 Å². The van der Waals surface area contributed by atoms with Crippen LogP contribution in [0.2, 0.25) is 0 Å². The second kappa shape index (κ2) is 14.6. The Morgan fingerprint density at radius 1 is 0.800 bits per heavy atom. The average molecular weight is 608 g/mol. The molecule has 0 saturated carbocycles. The third-order valence-electron chi connectivity index (χ3n) is 7.68. The number of carbonyl (C=O) groups is 2. The van der Waals surface area contributed by atoms with Crippen LogP contribution in [0.15, 0.2) is 103 Å². The number of rotatable bonds is 13. The van der Waals surface area contributed by atoms with E-state index in [-0.39, 0.29) is 17.9 Å². The molecule has 0 bridgehead atoms. The number of amides is 1. The molecule has 1 atom stereocenters. The van der Waals surface area contributed by atoms with Crippen LogP contribution in [0.5, 0.6) is 17.2 Å². The highest BCUT2D eigenvalue weighted by atomic mass is 16.5. The molecule has 1 aliphatic rings. The lowest BCUT2D eigenvalue weighted by atomic mass is 9.95. The molecule has 8 nitrogen and oxygen atoms in total. The maximum Gasteiger partial charge on any atom is 0.295 e. The van der Waals surface area contributed by atoms with E-state index in [1.165, 1.54) is 17.6 Å². The van der Waals surface area contributed by atoms with Gasteiger partial charge >= 0.3 is 0 Å². The first-order valence-corrected chi connectivity index (χ1v) is 14.8. The first-order valence-electron chi connectivity index (χ1n) is 14.8. The normalized spacial score (nSPS) is 15.7. The molecular formula is C37H37NO7. The molecule has 45 heavy (non-hydrogen) atoms. The van der Waals surface area contributed by atoms with Crippen molar-refractivity contribution >= 4 is 17.4 Å². The Labute approximate surface area is 263 Å². The van der Waals surface area contributed by atoms with Gasteiger partial charge in [0.2, 0.25) is 0 Å². The van der Waals surface area contributed by atoms with E-state index in [0.29, 0.717) is 54.6 Å². The van der Waals surface area contributed by atoms with Crippen molar-refractivity contribution in [3.05, 3.63) is 130 Å². The van der Waals surface area contributed by atoms with Gasteiger partial charge in [0.25, 0.3) is 11.7 Å². The van der Waals surface area contributed by atoms with Crippen molar-refractivity contribution in [1.82, 2.24) is 4.90 Å². The van der Waals surface area contributed by atoms with E-state index in [0.717, 1.165) is 11.1 Å². The molecule has 1 N–H and O–H groups in total. The summed E-state index contributed by atoms with van der Waals surface area (Å²) in [5.74, 6) is -0.124. The molecule has 1 aliphatic heterocycles. The molecule has 0 aliphatic carbocycles. The predicted molar refractivity (Wildman–Crippen MR) is 171 cm³/mol. The van der Waals surface area contributed by atoms with E-state index >= 15 is 0 Å². The van der Waals surface area contributed by atoms with E-state index in [1.54, 1.807) is 49.6 Å². The zero-order valence-electron chi connectivity index (χ0n) is 25.7. The largest absolute Gasteiger partial charge is 0.507 e. The summed E-state index contributed by atoms with van der Waals surface area (Å²) in [4.78, 5) is 28.3. The Morgan fingerprint density at radius 3 is 2.18 bits per heavy atom. The number of aryl methyl sites for hydroxylation is 1. The number of hydrogen-bond donors (Lipinski definition) is 1. The number of ketones is 1. The molecule has 4 aromatic rings. The number of nitrogens with zero attached hydrogens (tertiary/aromatic N) is 1. The average Bonchev–Trinajstić information content (AvgIpc) is 3.32. The van der Waals surface area contributed by atoms with E-state index in [1.807, 2.05) is 61.5 Å². The van der Waals surface area contributed by atoms with Crippen LogP contribution in [-0.4, -0.2) is 49.1 Å². The Kier molecular flexibility index (Phi) is 10.2. The minimum atomic E-state index is -0.837. The summed E-state index contributed by atoms with van der Waals surface area (Å²) in [5, 5.41) is 11.5. The molecule has 0 aromatic heterocycles. The van der Waals surface area contributed by atoms with Gasteiger partial charge in [0.1, 0.15) is 24.7 Å². The monoisotopic (exact) mass is 607 g/mol. The molecule has 0 radical (unpaired) electrons. The lowest BCUT2D eigenvalue weighted by Gasteiger charge is -2.26. The maximum absolute atomic E-state index is 13.5. The van der Waals surface area contributed by atoms with Crippen molar-refractivity contribution in [2.24, 2.45) is 0 Å². The Hall–Kier alpha value is -5.08. The molecule has 1 unspecified atom stereocenters. The van der Waals surface area contributed by atoms with Crippen molar-refractivity contribution in [3.8, 4) is 17.2 Å². The Morgan fingerprint density at radius 2 is 1.49 bits per heavy atom. The number of benzene rings is 4. The molecule has 4 aromatic carbocycles. The van der Waals surface area contributed by atoms with Crippen LogP contribution < -0.4 is 14.2 Å². The van der Waals surface area contributed by atoms with Gasteiger partial charge in [-0.1, -0.05) is 66.2 Å². The van der Waals surface area contributed by atoms with Gasteiger partial charge < -0.3 is 29.0 Å². The summed E-state index contributed by atoms with van der Waals surface area (Å²) in [6.45, 7) is 3.45. The molecule has 5 rings (SSSR count). The third kappa shape index (κ3) is 7.36. The second-order valence-electron chi connectivity index (χ2n) is 10.8. The quantitative estimate of drug-likeness (QED) is 0.0790. The summed E-state index contributed by atoms with van der Waals surface area (Å²) in [6, 6.07) is 29.1. The first kappa shape index (κ1) is 31.3. The highest BCUT2D eigenvalue weighted by molar-refractivity contribution is 6.46. The fraction of sp³-hybridized carbons (Fsp3) is 0.243. The van der Waals surface area contributed by atoms with E-state index < -0.39 is 17.7 Å². The summed E-state index contributed by atoms with van der Waals surface area (Å²) >= 11 is 0. The van der Waals surface area contributed by atoms with Gasteiger partial charge in [0, 0.05) is 25.8 Å². The van der Waals surface area contributed by atoms with E-state index in [2.05, 4.69) is 0 Å².